The first-order chi connectivity index (χ1) is 11.7. The Balaban J connectivity index is 0.00000121. The van der Waals surface area contributed by atoms with Crippen molar-refractivity contribution in [3.63, 3.8) is 0 Å². The smallest absolute Gasteiger partial charge is 0.225 e. The second-order valence-corrected chi connectivity index (χ2v) is 8.34. The van der Waals surface area contributed by atoms with Gasteiger partial charge in [-0.3, -0.25) is 9.69 Å². The molecule has 1 aromatic rings. The summed E-state index contributed by atoms with van der Waals surface area (Å²) >= 11 is 1.76. The van der Waals surface area contributed by atoms with Crippen molar-refractivity contribution in [2.75, 3.05) is 32.8 Å². The Labute approximate surface area is 171 Å². The number of rotatable bonds is 5. The summed E-state index contributed by atoms with van der Waals surface area (Å²) in [7, 11) is 0. The number of fused-ring (bicyclic) bond motifs is 2. The number of nitrogens with two attached hydrogens (primary N) is 1. The second kappa shape index (κ2) is 9.71. The third kappa shape index (κ3) is 4.37. The molecule has 3 fully saturated rings. The predicted molar refractivity (Wildman–Crippen MR) is 109 cm³/mol. The number of thiophene rings is 1. The van der Waals surface area contributed by atoms with E-state index >= 15 is 0 Å². The maximum Gasteiger partial charge on any atom is 0.225 e. The van der Waals surface area contributed by atoms with E-state index in [1.807, 2.05) is 0 Å². The van der Waals surface area contributed by atoms with Gasteiger partial charge in [-0.1, -0.05) is 6.07 Å². The SMILES string of the molecule is Cl.Cl.NC1C2CCC(C2)C1C(=O)NCC(c1cccs1)N1CCOCC1. The van der Waals surface area contributed by atoms with Crippen molar-refractivity contribution in [1.29, 1.82) is 0 Å². The van der Waals surface area contributed by atoms with Gasteiger partial charge in [0.2, 0.25) is 5.91 Å². The summed E-state index contributed by atoms with van der Waals surface area (Å²) in [6, 6.07) is 4.56. The highest BCUT2D eigenvalue weighted by molar-refractivity contribution is 7.10. The monoisotopic (exact) mass is 421 g/mol. The molecule has 148 valence electrons. The van der Waals surface area contributed by atoms with Crippen molar-refractivity contribution in [2.24, 2.45) is 23.5 Å². The van der Waals surface area contributed by atoms with Gasteiger partial charge in [0.1, 0.15) is 0 Å². The lowest BCUT2D eigenvalue weighted by molar-refractivity contribution is -0.127. The van der Waals surface area contributed by atoms with Gasteiger partial charge >= 0.3 is 0 Å². The highest BCUT2D eigenvalue weighted by Gasteiger charge is 2.49. The van der Waals surface area contributed by atoms with Crippen molar-refractivity contribution in [1.82, 2.24) is 10.2 Å². The minimum atomic E-state index is 0. The minimum absolute atomic E-state index is 0. The van der Waals surface area contributed by atoms with Gasteiger partial charge in [0.15, 0.2) is 0 Å². The van der Waals surface area contributed by atoms with Gasteiger partial charge < -0.3 is 15.8 Å². The van der Waals surface area contributed by atoms with Gasteiger partial charge in [-0.15, -0.1) is 36.2 Å². The molecule has 0 spiro atoms. The van der Waals surface area contributed by atoms with Gasteiger partial charge in [0.05, 0.1) is 25.2 Å². The van der Waals surface area contributed by atoms with Crippen LogP contribution >= 0.6 is 36.2 Å². The first-order valence-electron chi connectivity index (χ1n) is 9.12. The summed E-state index contributed by atoms with van der Waals surface area (Å²) in [5, 5.41) is 5.34. The van der Waals surface area contributed by atoms with E-state index < -0.39 is 0 Å². The molecule has 2 heterocycles. The lowest BCUT2D eigenvalue weighted by atomic mass is 9.84. The van der Waals surface area contributed by atoms with Crippen LogP contribution in [0.1, 0.15) is 30.2 Å². The number of hydrogen-bond acceptors (Lipinski definition) is 5. The molecule has 5 nitrogen and oxygen atoms in total. The summed E-state index contributed by atoms with van der Waals surface area (Å²) in [6.07, 6.45) is 3.53. The predicted octanol–water partition coefficient (Wildman–Crippen LogP) is 2.45. The molecule has 8 heteroatoms. The molecule has 3 N–H and O–H groups in total. The van der Waals surface area contributed by atoms with Crippen LogP contribution in [0.2, 0.25) is 0 Å². The average Bonchev–Trinajstić information content (AvgIpc) is 3.33. The van der Waals surface area contributed by atoms with Gasteiger partial charge in [0, 0.05) is 30.6 Å². The first kappa shape index (κ1) is 21.9. The number of halogens is 2. The maximum atomic E-state index is 12.8. The van der Waals surface area contributed by atoms with E-state index in [-0.39, 0.29) is 48.7 Å². The molecular weight excluding hydrogens is 393 g/mol. The quantitative estimate of drug-likeness (QED) is 0.765. The molecular formula is C18H29Cl2N3O2S. The van der Waals surface area contributed by atoms with Gasteiger partial charge in [-0.05, 0) is 42.5 Å². The number of carbonyl (C=O) groups excluding carboxylic acids is 1. The molecule has 0 radical (unpaired) electrons. The highest BCUT2D eigenvalue weighted by atomic mass is 35.5. The summed E-state index contributed by atoms with van der Waals surface area (Å²) in [5.41, 5.74) is 6.32. The Kier molecular flexibility index (Phi) is 8.19. The lowest BCUT2D eigenvalue weighted by Crippen LogP contribution is -2.48. The largest absolute Gasteiger partial charge is 0.379 e. The molecule has 2 aliphatic carbocycles. The number of nitrogens with zero attached hydrogens (tertiary/aromatic N) is 1. The molecule has 1 aliphatic heterocycles. The van der Waals surface area contributed by atoms with E-state index in [2.05, 4.69) is 27.7 Å². The summed E-state index contributed by atoms with van der Waals surface area (Å²) in [4.78, 5) is 16.5. The van der Waals surface area contributed by atoms with Gasteiger partial charge in [0.25, 0.3) is 0 Å². The fourth-order valence-electron chi connectivity index (χ4n) is 4.82. The van der Waals surface area contributed by atoms with Crippen LogP contribution in [0.4, 0.5) is 0 Å². The zero-order valence-corrected chi connectivity index (χ0v) is 17.3. The van der Waals surface area contributed by atoms with E-state index in [1.54, 1.807) is 11.3 Å². The van der Waals surface area contributed by atoms with E-state index in [0.29, 0.717) is 18.4 Å². The van der Waals surface area contributed by atoms with Crippen LogP contribution < -0.4 is 11.1 Å². The van der Waals surface area contributed by atoms with E-state index in [9.17, 15) is 4.79 Å². The molecule has 1 amide bonds. The van der Waals surface area contributed by atoms with Crippen molar-refractivity contribution >= 4 is 42.1 Å². The van der Waals surface area contributed by atoms with Crippen LogP contribution in [-0.4, -0.2) is 49.7 Å². The Morgan fingerprint density at radius 1 is 1.31 bits per heavy atom. The van der Waals surface area contributed by atoms with E-state index in [1.165, 1.54) is 17.7 Å². The molecule has 1 aromatic heterocycles. The number of morpholine rings is 1. The molecule has 0 aromatic carbocycles. The number of carbonyl (C=O) groups is 1. The van der Waals surface area contributed by atoms with Gasteiger partial charge in [-0.2, -0.15) is 0 Å². The van der Waals surface area contributed by atoms with Gasteiger partial charge in [-0.25, -0.2) is 0 Å². The normalized spacial score (nSPS) is 31.7. The number of nitrogens with one attached hydrogen (secondary N) is 1. The third-order valence-electron chi connectivity index (χ3n) is 6.11. The van der Waals surface area contributed by atoms with Crippen LogP contribution in [0.15, 0.2) is 17.5 Å². The molecule has 2 bridgehead atoms. The average molecular weight is 422 g/mol. The summed E-state index contributed by atoms with van der Waals surface area (Å²) in [5.74, 6) is 1.27. The number of amides is 1. The minimum Gasteiger partial charge on any atom is -0.379 e. The van der Waals surface area contributed by atoms with Crippen LogP contribution in [0.5, 0.6) is 0 Å². The molecule has 2 saturated carbocycles. The Hall–Kier alpha value is -0.370. The second-order valence-electron chi connectivity index (χ2n) is 7.36. The van der Waals surface area contributed by atoms with Crippen molar-refractivity contribution < 1.29 is 9.53 Å². The fraction of sp³-hybridized carbons (Fsp3) is 0.722. The molecule has 1 saturated heterocycles. The lowest BCUT2D eigenvalue weighted by Gasteiger charge is -2.35. The zero-order valence-electron chi connectivity index (χ0n) is 14.8. The molecule has 5 atom stereocenters. The number of ether oxygens (including phenoxy) is 1. The molecule has 4 rings (SSSR count). The van der Waals surface area contributed by atoms with E-state index in [0.717, 1.165) is 32.7 Å². The third-order valence-corrected chi connectivity index (χ3v) is 7.08. The van der Waals surface area contributed by atoms with Crippen molar-refractivity contribution in [2.45, 2.75) is 31.3 Å². The Morgan fingerprint density at radius 3 is 2.65 bits per heavy atom. The summed E-state index contributed by atoms with van der Waals surface area (Å²) in [6.45, 7) is 4.05. The van der Waals surface area contributed by atoms with Crippen molar-refractivity contribution in [3.8, 4) is 0 Å². The summed E-state index contributed by atoms with van der Waals surface area (Å²) < 4.78 is 5.48. The van der Waals surface area contributed by atoms with Crippen LogP contribution in [0.25, 0.3) is 0 Å². The Bertz CT molecular complexity index is 567. The van der Waals surface area contributed by atoms with E-state index in [4.69, 9.17) is 10.5 Å². The molecule has 26 heavy (non-hydrogen) atoms. The number of hydrogen-bond donors (Lipinski definition) is 2. The van der Waals surface area contributed by atoms with Crippen LogP contribution in [-0.2, 0) is 9.53 Å². The zero-order chi connectivity index (χ0) is 16.5. The molecule has 5 unspecified atom stereocenters. The van der Waals surface area contributed by atoms with Crippen LogP contribution in [0, 0.1) is 17.8 Å². The Morgan fingerprint density at radius 2 is 2.04 bits per heavy atom. The maximum absolute atomic E-state index is 12.8. The fourth-order valence-corrected chi connectivity index (χ4v) is 5.68. The highest BCUT2D eigenvalue weighted by Crippen LogP contribution is 2.47. The van der Waals surface area contributed by atoms with Crippen molar-refractivity contribution in [3.05, 3.63) is 22.4 Å². The topological polar surface area (TPSA) is 67.6 Å². The molecule has 3 aliphatic rings. The standard InChI is InChI=1S/C18H27N3O2S.2ClH/c19-17-13-4-3-12(10-13)16(17)18(22)20-11-14(15-2-1-9-24-15)21-5-7-23-8-6-21;;/h1-2,9,12-14,16-17H,3-8,10-11,19H2,(H,20,22);2*1H. The first-order valence-corrected chi connectivity index (χ1v) is 10.0. The van der Waals surface area contributed by atoms with Crippen LogP contribution in [0.3, 0.4) is 0 Å².